The molecular weight excluding hydrogens is 280 g/mol. The lowest BCUT2D eigenvalue weighted by molar-refractivity contribution is 0.0501. The zero-order valence-corrected chi connectivity index (χ0v) is 14.1. The third kappa shape index (κ3) is 4.77. The minimum atomic E-state index is -0.467. The molecule has 0 saturated carbocycles. The van der Waals surface area contributed by atoms with Crippen molar-refractivity contribution in [2.45, 2.75) is 71.1 Å². The maximum Gasteiger partial charge on any atom is 0.407 e. The number of carbonyl (C=O) groups is 1. The van der Waals surface area contributed by atoms with Crippen LogP contribution in [0.3, 0.4) is 0 Å². The molecular formula is C17H28N2O3. The standard InChI is InChI=1S/C17H28N2O3/c1-5-12(19-16(20)22-17(2,3)4)11-18-14-7-6-8-15-13(14)9-10-21-15/h9-10,12,14,18H,5-8,11H2,1-4H3,(H,19,20). The number of furan rings is 1. The molecule has 1 aliphatic carbocycles. The van der Waals surface area contributed by atoms with Crippen molar-refractivity contribution in [3.05, 3.63) is 23.7 Å². The average molecular weight is 308 g/mol. The van der Waals surface area contributed by atoms with Gasteiger partial charge in [-0.3, -0.25) is 0 Å². The van der Waals surface area contributed by atoms with Gasteiger partial charge in [0.05, 0.1) is 6.26 Å². The molecule has 0 aromatic carbocycles. The maximum atomic E-state index is 11.9. The lowest BCUT2D eigenvalue weighted by Crippen LogP contribution is -2.44. The van der Waals surface area contributed by atoms with Crippen LogP contribution in [0.25, 0.3) is 0 Å². The van der Waals surface area contributed by atoms with Crippen LogP contribution in [0.1, 0.15) is 64.3 Å². The van der Waals surface area contributed by atoms with Crippen LogP contribution in [0.2, 0.25) is 0 Å². The second kappa shape index (κ2) is 7.18. The second-order valence-corrected chi connectivity index (χ2v) is 6.90. The van der Waals surface area contributed by atoms with Crippen molar-refractivity contribution in [1.82, 2.24) is 10.6 Å². The number of hydrogen-bond donors (Lipinski definition) is 2. The quantitative estimate of drug-likeness (QED) is 0.873. The van der Waals surface area contributed by atoms with Gasteiger partial charge in [0.15, 0.2) is 0 Å². The van der Waals surface area contributed by atoms with Crippen LogP contribution < -0.4 is 10.6 Å². The van der Waals surface area contributed by atoms with Gasteiger partial charge in [0, 0.05) is 30.6 Å². The van der Waals surface area contributed by atoms with Gasteiger partial charge in [-0.05, 0) is 46.1 Å². The molecule has 0 spiro atoms. The van der Waals surface area contributed by atoms with Crippen LogP contribution in [-0.4, -0.2) is 24.3 Å². The van der Waals surface area contributed by atoms with Crippen LogP contribution in [-0.2, 0) is 11.2 Å². The Bertz CT molecular complexity index is 490. The Hall–Kier alpha value is -1.49. The van der Waals surface area contributed by atoms with Gasteiger partial charge in [-0.25, -0.2) is 4.79 Å². The van der Waals surface area contributed by atoms with E-state index in [0.29, 0.717) is 6.04 Å². The predicted molar refractivity (Wildman–Crippen MR) is 85.8 cm³/mol. The monoisotopic (exact) mass is 308 g/mol. The van der Waals surface area contributed by atoms with E-state index >= 15 is 0 Å². The van der Waals surface area contributed by atoms with Crippen LogP contribution in [0, 0.1) is 0 Å². The van der Waals surface area contributed by atoms with Crippen molar-refractivity contribution in [1.29, 1.82) is 0 Å². The number of carbonyl (C=O) groups excluding carboxylic acids is 1. The first-order valence-corrected chi connectivity index (χ1v) is 8.18. The van der Waals surface area contributed by atoms with Gasteiger partial charge in [-0.2, -0.15) is 0 Å². The van der Waals surface area contributed by atoms with Crippen molar-refractivity contribution in [3.8, 4) is 0 Å². The van der Waals surface area contributed by atoms with Gasteiger partial charge >= 0.3 is 6.09 Å². The van der Waals surface area contributed by atoms with Crippen molar-refractivity contribution in [3.63, 3.8) is 0 Å². The van der Waals surface area contributed by atoms with Gasteiger partial charge in [-0.15, -0.1) is 0 Å². The van der Waals surface area contributed by atoms with Gasteiger partial charge in [0.2, 0.25) is 0 Å². The highest BCUT2D eigenvalue weighted by Crippen LogP contribution is 2.30. The summed E-state index contributed by atoms with van der Waals surface area (Å²) >= 11 is 0. The number of nitrogens with one attached hydrogen (secondary N) is 2. The molecule has 1 aromatic heterocycles. The van der Waals surface area contributed by atoms with E-state index in [1.807, 2.05) is 20.8 Å². The van der Waals surface area contributed by atoms with Crippen molar-refractivity contribution in [2.75, 3.05) is 6.54 Å². The summed E-state index contributed by atoms with van der Waals surface area (Å²) in [5.41, 5.74) is 0.795. The Kier molecular flexibility index (Phi) is 5.51. The fraction of sp³-hybridized carbons (Fsp3) is 0.706. The van der Waals surface area contributed by atoms with Crippen molar-refractivity contribution < 1.29 is 13.9 Å². The van der Waals surface area contributed by atoms with Crippen LogP contribution in [0.4, 0.5) is 4.79 Å². The van der Waals surface area contributed by atoms with Crippen LogP contribution in [0.15, 0.2) is 16.7 Å². The van der Waals surface area contributed by atoms with E-state index in [1.54, 1.807) is 6.26 Å². The Labute approximate surface area is 132 Å². The number of fused-ring (bicyclic) bond motifs is 1. The Balaban J connectivity index is 1.83. The number of alkyl carbamates (subject to hydrolysis) is 1. The largest absolute Gasteiger partial charge is 0.469 e. The van der Waals surface area contributed by atoms with E-state index in [4.69, 9.17) is 9.15 Å². The highest BCUT2D eigenvalue weighted by atomic mass is 16.6. The summed E-state index contributed by atoms with van der Waals surface area (Å²) in [4.78, 5) is 11.9. The number of rotatable bonds is 5. The number of ether oxygens (including phenoxy) is 1. The molecule has 5 nitrogen and oxygen atoms in total. The molecule has 2 atom stereocenters. The van der Waals surface area contributed by atoms with E-state index in [9.17, 15) is 4.79 Å². The van der Waals surface area contributed by atoms with E-state index in [1.165, 1.54) is 5.56 Å². The molecule has 0 saturated heterocycles. The molecule has 0 radical (unpaired) electrons. The first-order chi connectivity index (χ1) is 10.4. The summed E-state index contributed by atoms with van der Waals surface area (Å²) in [6.07, 6.45) is 5.53. The van der Waals surface area contributed by atoms with Crippen molar-refractivity contribution in [2.24, 2.45) is 0 Å². The molecule has 1 aromatic rings. The molecule has 1 aliphatic rings. The summed E-state index contributed by atoms with van der Waals surface area (Å²) in [6, 6.07) is 2.43. The normalized spacial score (nSPS) is 19.4. The number of aryl methyl sites for hydroxylation is 1. The summed E-state index contributed by atoms with van der Waals surface area (Å²) < 4.78 is 10.8. The Morgan fingerprint density at radius 1 is 1.50 bits per heavy atom. The minimum absolute atomic E-state index is 0.0622. The van der Waals surface area contributed by atoms with Gasteiger partial charge < -0.3 is 19.8 Å². The molecule has 2 rings (SSSR count). The third-order valence-electron chi connectivity index (χ3n) is 3.88. The van der Waals surface area contributed by atoms with E-state index in [2.05, 4.69) is 23.6 Å². The van der Waals surface area contributed by atoms with Gasteiger partial charge in [-0.1, -0.05) is 6.92 Å². The lowest BCUT2D eigenvalue weighted by atomic mass is 9.93. The molecule has 22 heavy (non-hydrogen) atoms. The molecule has 2 unspecified atom stereocenters. The lowest BCUT2D eigenvalue weighted by Gasteiger charge is -2.27. The zero-order chi connectivity index (χ0) is 16.2. The molecule has 1 heterocycles. The van der Waals surface area contributed by atoms with Gasteiger partial charge in [0.25, 0.3) is 0 Å². The summed E-state index contributed by atoms with van der Waals surface area (Å²) in [6.45, 7) is 8.40. The summed E-state index contributed by atoms with van der Waals surface area (Å²) in [7, 11) is 0. The Morgan fingerprint density at radius 2 is 2.27 bits per heavy atom. The average Bonchev–Trinajstić information content (AvgIpc) is 2.90. The van der Waals surface area contributed by atoms with Crippen LogP contribution >= 0.6 is 0 Å². The fourth-order valence-corrected chi connectivity index (χ4v) is 2.75. The molecule has 124 valence electrons. The third-order valence-corrected chi connectivity index (χ3v) is 3.88. The van der Waals surface area contributed by atoms with E-state index < -0.39 is 5.60 Å². The highest BCUT2D eigenvalue weighted by molar-refractivity contribution is 5.68. The van der Waals surface area contributed by atoms with E-state index in [0.717, 1.165) is 38.0 Å². The molecule has 1 amide bonds. The highest BCUT2D eigenvalue weighted by Gasteiger charge is 2.24. The van der Waals surface area contributed by atoms with E-state index in [-0.39, 0.29) is 12.1 Å². The zero-order valence-electron chi connectivity index (χ0n) is 14.1. The molecule has 0 bridgehead atoms. The molecule has 0 fully saturated rings. The first-order valence-electron chi connectivity index (χ1n) is 8.18. The molecule has 0 aliphatic heterocycles. The molecule has 2 N–H and O–H groups in total. The minimum Gasteiger partial charge on any atom is -0.469 e. The van der Waals surface area contributed by atoms with Crippen molar-refractivity contribution >= 4 is 6.09 Å². The first kappa shape index (κ1) is 16.9. The number of amides is 1. The summed E-state index contributed by atoms with van der Waals surface area (Å²) in [5.74, 6) is 1.09. The van der Waals surface area contributed by atoms with Crippen LogP contribution in [0.5, 0.6) is 0 Å². The van der Waals surface area contributed by atoms with Gasteiger partial charge in [0.1, 0.15) is 11.4 Å². The SMILES string of the molecule is CCC(CNC1CCCc2occc21)NC(=O)OC(C)(C)C. The molecule has 5 heteroatoms. The second-order valence-electron chi connectivity index (χ2n) is 6.90. The maximum absolute atomic E-state index is 11.9. The Morgan fingerprint density at radius 3 is 2.95 bits per heavy atom. The smallest absolute Gasteiger partial charge is 0.407 e. The summed E-state index contributed by atoms with van der Waals surface area (Å²) in [5, 5.41) is 6.49. The number of hydrogen-bond acceptors (Lipinski definition) is 4. The fourth-order valence-electron chi connectivity index (χ4n) is 2.75. The topological polar surface area (TPSA) is 63.5 Å². The predicted octanol–water partition coefficient (Wildman–Crippen LogP) is 3.55.